The minimum atomic E-state index is -1.07. The van der Waals surface area contributed by atoms with Crippen molar-refractivity contribution in [3.63, 3.8) is 0 Å². The molecule has 0 aliphatic heterocycles. The zero-order valence-electron chi connectivity index (χ0n) is 12.0. The van der Waals surface area contributed by atoms with Crippen LogP contribution in [0.25, 0.3) is 0 Å². The van der Waals surface area contributed by atoms with Crippen LogP contribution in [0, 0.1) is 5.41 Å². The Morgan fingerprint density at radius 1 is 1.21 bits per heavy atom. The second-order valence-electron chi connectivity index (χ2n) is 4.51. The minimum Gasteiger partial charge on any atom is -0.481 e. The molecule has 1 unspecified atom stereocenters. The molecule has 2 N–H and O–H groups in total. The Morgan fingerprint density at radius 2 is 1.74 bits per heavy atom. The summed E-state index contributed by atoms with van der Waals surface area (Å²) in [5.74, 6) is -1.96. The number of carboxylic acid groups (broad SMARTS) is 1. The monoisotopic (exact) mass is 273 g/mol. The lowest BCUT2D eigenvalue weighted by Gasteiger charge is -2.26. The van der Waals surface area contributed by atoms with E-state index in [4.69, 9.17) is 4.74 Å². The van der Waals surface area contributed by atoms with Crippen LogP contribution in [0.3, 0.4) is 0 Å². The lowest BCUT2D eigenvalue weighted by molar-refractivity contribution is -0.153. The van der Waals surface area contributed by atoms with E-state index in [1.165, 1.54) is 6.92 Å². The van der Waals surface area contributed by atoms with E-state index in [9.17, 15) is 19.5 Å². The first-order valence-electron chi connectivity index (χ1n) is 6.52. The van der Waals surface area contributed by atoms with Gasteiger partial charge in [-0.2, -0.15) is 0 Å². The Balaban J connectivity index is 4.59. The van der Waals surface area contributed by atoms with Gasteiger partial charge in [-0.3, -0.25) is 9.59 Å². The van der Waals surface area contributed by atoms with Gasteiger partial charge in [0.05, 0.1) is 12.0 Å². The van der Waals surface area contributed by atoms with Crippen molar-refractivity contribution in [1.29, 1.82) is 0 Å². The Labute approximate surface area is 113 Å². The molecule has 0 saturated heterocycles. The molecular weight excluding hydrogens is 250 g/mol. The predicted molar refractivity (Wildman–Crippen MR) is 69.5 cm³/mol. The predicted octanol–water partition coefficient (Wildman–Crippen LogP) is 1.34. The molecule has 0 aromatic rings. The van der Waals surface area contributed by atoms with Crippen molar-refractivity contribution >= 4 is 17.8 Å². The van der Waals surface area contributed by atoms with Gasteiger partial charge in [0, 0.05) is 6.42 Å². The fourth-order valence-corrected chi connectivity index (χ4v) is 1.80. The molecule has 110 valence electrons. The third-order valence-electron chi connectivity index (χ3n) is 3.32. The molecule has 6 heteroatoms. The molecule has 0 spiro atoms. The van der Waals surface area contributed by atoms with Gasteiger partial charge >= 0.3 is 11.9 Å². The Morgan fingerprint density at radius 3 is 2.11 bits per heavy atom. The highest BCUT2D eigenvalue weighted by Crippen LogP contribution is 2.30. The van der Waals surface area contributed by atoms with Gasteiger partial charge in [-0.05, 0) is 26.7 Å². The molecule has 0 rings (SSSR count). The van der Waals surface area contributed by atoms with E-state index in [0.717, 1.165) is 0 Å². The number of rotatable bonds is 8. The molecule has 0 heterocycles. The van der Waals surface area contributed by atoms with E-state index in [-0.39, 0.29) is 13.0 Å². The van der Waals surface area contributed by atoms with Gasteiger partial charge in [-0.25, -0.2) is 4.79 Å². The van der Waals surface area contributed by atoms with Crippen LogP contribution >= 0.6 is 0 Å². The summed E-state index contributed by atoms with van der Waals surface area (Å²) in [4.78, 5) is 34.5. The fraction of sp³-hybridized carbons (Fsp3) is 0.769. The van der Waals surface area contributed by atoms with Crippen LogP contribution in [0.5, 0.6) is 0 Å². The second-order valence-corrected chi connectivity index (χ2v) is 4.51. The molecule has 6 nitrogen and oxygen atoms in total. The summed E-state index contributed by atoms with van der Waals surface area (Å²) in [6, 6.07) is -0.771. The summed E-state index contributed by atoms with van der Waals surface area (Å²) in [5.41, 5.74) is -1.07. The maximum atomic E-state index is 11.8. The minimum absolute atomic E-state index is 0.140. The maximum absolute atomic E-state index is 11.8. The molecule has 19 heavy (non-hydrogen) atoms. The number of esters is 1. The Bertz CT molecular complexity index is 336. The largest absolute Gasteiger partial charge is 0.481 e. The number of aliphatic carboxylic acids is 1. The van der Waals surface area contributed by atoms with E-state index >= 15 is 0 Å². The summed E-state index contributed by atoms with van der Waals surface area (Å²) >= 11 is 0. The lowest BCUT2D eigenvalue weighted by atomic mass is 9.79. The number of carbonyl (C=O) groups excluding carboxylic acids is 2. The average molecular weight is 273 g/mol. The molecule has 0 radical (unpaired) electrons. The van der Waals surface area contributed by atoms with Crippen LogP contribution in [-0.4, -0.2) is 35.6 Å². The van der Waals surface area contributed by atoms with Crippen molar-refractivity contribution in [3.8, 4) is 0 Å². The summed E-state index contributed by atoms with van der Waals surface area (Å²) < 4.78 is 4.76. The molecule has 1 amide bonds. The third-order valence-corrected chi connectivity index (χ3v) is 3.32. The molecule has 0 aromatic heterocycles. The highest BCUT2D eigenvalue weighted by atomic mass is 16.5. The van der Waals surface area contributed by atoms with E-state index in [1.54, 1.807) is 20.8 Å². The van der Waals surface area contributed by atoms with Gasteiger partial charge in [0.15, 0.2) is 0 Å². The van der Waals surface area contributed by atoms with E-state index in [1.807, 2.05) is 0 Å². The number of carbonyl (C=O) groups is 3. The van der Waals surface area contributed by atoms with Crippen LogP contribution in [0.4, 0.5) is 0 Å². The van der Waals surface area contributed by atoms with Gasteiger partial charge < -0.3 is 15.2 Å². The van der Waals surface area contributed by atoms with Crippen molar-refractivity contribution in [2.75, 3.05) is 6.61 Å². The van der Waals surface area contributed by atoms with Crippen LogP contribution in [0.2, 0.25) is 0 Å². The first-order valence-corrected chi connectivity index (χ1v) is 6.52. The average Bonchev–Trinajstić information content (AvgIpc) is 2.35. The number of hydrogen-bond acceptors (Lipinski definition) is 4. The molecular formula is C13H23NO5. The SMILES string of the molecule is CCOC(=O)C(C)NC(=O)CC(CC)(CC)C(=O)O. The van der Waals surface area contributed by atoms with Crippen LogP contribution in [0.15, 0.2) is 0 Å². The summed E-state index contributed by atoms with van der Waals surface area (Å²) in [6.45, 7) is 6.90. The highest BCUT2D eigenvalue weighted by Gasteiger charge is 2.37. The zero-order chi connectivity index (χ0) is 15.1. The summed E-state index contributed by atoms with van der Waals surface area (Å²) in [5, 5.41) is 11.7. The molecule has 0 saturated carbocycles. The van der Waals surface area contributed by atoms with Crippen molar-refractivity contribution in [1.82, 2.24) is 5.32 Å². The highest BCUT2D eigenvalue weighted by molar-refractivity contribution is 5.88. The fourth-order valence-electron chi connectivity index (χ4n) is 1.80. The molecule has 0 aliphatic carbocycles. The zero-order valence-corrected chi connectivity index (χ0v) is 12.0. The number of hydrogen-bond donors (Lipinski definition) is 2. The Kier molecular flexibility index (Phi) is 7.11. The molecule has 1 atom stereocenters. The van der Waals surface area contributed by atoms with Crippen LogP contribution < -0.4 is 5.32 Å². The normalized spacial score (nSPS) is 12.6. The first kappa shape index (κ1) is 17.4. The number of nitrogens with one attached hydrogen (secondary N) is 1. The van der Waals surface area contributed by atoms with E-state index < -0.39 is 29.3 Å². The number of carboxylic acids is 1. The maximum Gasteiger partial charge on any atom is 0.328 e. The molecule has 0 bridgehead atoms. The number of amides is 1. The van der Waals surface area contributed by atoms with Crippen molar-refractivity contribution in [2.24, 2.45) is 5.41 Å². The molecule has 0 aromatic carbocycles. The van der Waals surface area contributed by atoms with Crippen molar-refractivity contribution < 1.29 is 24.2 Å². The standard InChI is InChI=1S/C13H23NO5/c1-5-13(6-2,12(17)18)8-10(15)14-9(4)11(16)19-7-3/h9H,5-8H2,1-4H3,(H,14,15)(H,17,18). The summed E-state index contributed by atoms with van der Waals surface area (Å²) in [7, 11) is 0. The number of ether oxygens (including phenoxy) is 1. The van der Waals surface area contributed by atoms with E-state index in [0.29, 0.717) is 12.8 Å². The molecule has 0 fully saturated rings. The Hall–Kier alpha value is -1.59. The van der Waals surface area contributed by atoms with Crippen LogP contribution in [0.1, 0.15) is 47.0 Å². The topological polar surface area (TPSA) is 92.7 Å². The lowest BCUT2D eigenvalue weighted by Crippen LogP contribution is -2.43. The third kappa shape index (κ3) is 4.89. The van der Waals surface area contributed by atoms with Gasteiger partial charge in [-0.15, -0.1) is 0 Å². The van der Waals surface area contributed by atoms with E-state index in [2.05, 4.69) is 5.32 Å². The quantitative estimate of drug-likeness (QED) is 0.651. The van der Waals surface area contributed by atoms with Crippen LogP contribution in [-0.2, 0) is 19.1 Å². The first-order chi connectivity index (χ1) is 8.82. The second kappa shape index (κ2) is 7.76. The smallest absolute Gasteiger partial charge is 0.328 e. The van der Waals surface area contributed by atoms with Gasteiger partial charge in [-0.1, -0.05) is 13.8 Å². The van der Waals surface area contributed by atoms with Crippen molar-refractivity contribution in [2.45, 2.75) is 53.0 Å². The van der Waals surface area contributed by atoms with Crippen molar-refractivity contribution in [3.05, 3.63) is 0 Å². The van der Waals surface area contributed by atoms with Gasteiger partial charge in [0.1, 0.15) is 6.04 Å². The summed E-state index contributed by atoms with van der Waals surface area (Å²) in [6.07, 6.45) is 0.582. The van der Waals surface area contributed by atoms with Gasteiger partial charge in [0.2, 0.25) is 5.91 Å². The molecule has 0 aliphatic rings. The van der Waals surface area contributed by atoms with Gasteiger partial charge in [0.25, 0.3) is 0 Å².